The first kappa shape index (κ1) is 10.5. The number of allylic oxidation sites excluding steroid dienone is 2. The third kappa shape index (κ3) is 3.35. The molecule has 0 radical (unpaired) electrons. The van der Waals surface area contributed by atoms with Gasteiger partial charge >= 0.3 is 0 Å². The van der Waals surface area contributed by atoms with Gasteiger partial charge in [0.25, 0.3) is 0 Å². The number of rotatable bonds is 3. The zero-order valence-corrected chi connectivity index (χ0v) is 9.76. The van der Waals surface area contributed by atoms with E-state index in [4.69, 9.17) is 0 Å². The third-order valence-corrected chi connectivity index (χ3v) is 2.57. The maximum atomic E-state index is 3.43. The maximum Gasteiger partial charge on any atom is 0.0175 e. The highest BCUT2D eigenvalue weighted by Gasteiger charge is 1.93. The molecular formula is C12H15Br. The molecule has 0 fully saturated rings. The van der Waals surface area contributed by atoms with E-state index in [0.717, 1.165) is 4.47 Å². The van der Waals surface area contributed by atoms with Crippen molar-refractivity contribution in [3.8, 4) is 0 Å². The lowest BCUT2D eigenvalue weighted by Gasteiger charge is -2.01. The number of hydrogen-bond donors (Lipinski definition) is 0. The molecule has 0 unspecified atom stereocenters. The summed E-state index contributed by atoms with van der Waals surface area (Å²) in [6.45, 7) is 4.37. The lowest BCUT2D eigenvalue weighted by Crippen LogP contribution is -1.78. The molecule has 0 bridgehead atoms. The van der Waals surface area contributed by atoms with Crippen molar-refractivity contribution in [2.75, 3.05) is 0 Å². The van der Waals surface area contributed by atoms with Gasteiger partial charge in [-0.25, -0.2) is 0 Å². The van der Waals surface area contributed by atoms with Crippen molar-refractivity contribution in [2.24, 2.45) is 0 Å². The maximum absolute atomic E-state index is 3.43. The van der Waals surface area contributed by atoms with Crippen molar-refractivity contribution in [2.45, 2.75) is 26.7 Å². The molecule has 0 atom stereocenters. The van der Waals surface area contributed by atoms with Crippen molar-refractivity contribution < 1.29 is 0 Å². The van der Waals surface area contributed by atoms with E-state index in [-0.39, 0.29) is 0 Å². The van der Waals surface area contributed by atoms with E-state index in [1.807, 2.05) is 0 Å². The minimum atomic E-state index is 1.14. The van der Waals surface area contributed by atoms with Gasteiger partial charge in [-0.3, -0.25) is 0 Å². The van der Waals surface area contributed by atoms with Gasteiger partial charge in [0, 0.05) is 4.47 Å². The molecule has 0 nitrogen and oxygen atoms in total. The molecular weight excluding hydrogens is 224 g/mol. The van der Waals surface area contributed by atoms with Crippen molar-refractivity contribution in [1.82, 2.24) is 0 Å². The first-order valence-electron chi connectivity index (χ1n) is 4.66. The van der Waals surface area contributed by atoms with Crippen LogP contribution in [0.2, 0.25) is 0 Å². The smallest absolute Gasteiger partial charge is 0.0175 e. The molecule has 0 heterocycles. The van der Waals surface area contributed by atoms with Crippen LogP contribution in [-0.4, -0.2) is 0 Å². The highest BCUT2D eigenvalue weighted by Crippen LogP contribution is 2.17. The SMILES string of the molecule is CCC/C=C(\C)c1ccc(Br)cc1. The van der Waals surface area contributed by atoms with Crippen LogP contribution in [0.3, 0.4) is 0 Å². The van der Waals surface area contributed by atoms with E-state index in [0.29, 0.717) is 0 Å². The summed E-state index contributed by atoms with van der Waals surface area (Å²) in [6.07, 6.45) is 4.68. The van der Waals surface area contributed by atoms with Gasteiger partial charge < -0.3 is 0 Å². The standard InChI is InChI=1S/C12H15Br/c1-3-4-5-10(2)11-6-8-12(13)9-7-11/h5-9H,3-4H2,1-2H3/b10-5+. The van der Waals surface area contributed by atoms with Crippen LogP contribution >= 0.6 is 15.9 Å². The van der Waals surface area contributed by atoms with E-state index in [1.54, 1.807) is 0 Å². The number of halogens is 1. The molecule has 0 amide bonds. The molecule has 0 aliphatic heterocycles. The van der Waals surface area contributed by atoms with Crippen LogP contribution in [0.15, 0.2) is 34.8 Å². The Morgan fingerprint density at radius 1 is 1.31 bits per heavy atom. The second-order valence-corrected chi connectivity index (χ2v) is 4.10. The molecule has 0 saturated carbocycles. The molecule has 0 aromatic heterocycles. The van der Waals surface area contributed by atoms with Crippen molar-refractivity contribution >= 4 is 21.5 Å². The molecule has 0 saturated heterocycles. The molecule has 1 aromatic rings. The predicted molar refractivity (Wildman–Crippen MR) is 62.7 cm³/mol. The van der Waals surface area contributed by atoms with Crippen molar-refractivity contribution in [1.29, 1.82) is 0 Å². The summed E-state index contributed by atoms with van der Waals surface area (Å²) in [6, 6.07) is 8.45. The minimum Gasteiger partial charge on any atom is -0.0810 e. The van der Waals surface area contributed by atoms with Gasteiger partial charge in [-0.05, 0) is 36.6 Å². The lowest BCUT2D eigenvalue weighted by atomic mass is 10.1. The van der Waals surface area contributed by atoms with Crippen LogP contribution in [0.1, 0.15) is 32.3 Å². The Morgan fingerprint density at radius 3 is 2.46 bits per heavy atom. The fourth-order valence-electron chi connectivity index (χ4n) is 1.19. The molecule has 70 valence electrons. The van der Waals surface area contributed by atoms with E-state index in [1.165, 1.54) is 24.0 Å². The Balaban J connectivity index is 2.77. The summed E-state index contributed by atoms with van der Waals surface area (Å²) < 4.78 is 1.14. The minimum absolute atomic E-state index is 1.14. The summed E-state index contributed by atoms with van der Waals surface area (Å²) >= 11 is 3.43. The predicted octanol–water partition coefficient (Wildman–Crippen LogP) is 4.65. The average molecular weight is 239 g/mol. The quantitative estimate of drug-likeness (QED) is 0.720. The Bertz CT molecular complexity index is 282. The molecule has 0 N–H and O–H groups in total. The number of benzene rings is 1. The zero-order chi connectivity index (χ0) is 9.68. The third-order valence-electron chi connectivity index (χ3n) is 2.04. The molecule has 0 spiro atoms. The van der Waals surface area contributed by atoms with E-state index in [2.05, 4.69) is 60.1 Å². The molecule has 1 aromatic carbocycles. The molecule has 1 rings (SSSR count). The first-order valence-corrected chi connectivity index (χ1v) is 5.46. The van der Waals surface area contributed by atoms with Gasteiger partial charge in [-0.2, -0.15) is 0 Å². The number of hydrogen-bond acceptors (Lipinski definition) is 0. The lowest BCUT2D eigenvalue weighted by molar-refractivity contribution is 0.959. The Hall–Kier alpha value is -0.560. The summed E-state index contributed by atoms with van der Waals surface area (Å²) in [5, 5.41) is 0. The van der Waals surface area contributed by atoms with Crippen LogP contribution in [0.25, 0.3) is 5.57 Å². The summed E-state index contributed by atoms with van der Waals surface area (Å²) in [5.74, 6) is 0. The molecule has 0 aliphatic carbocycles. The van der Waals surface area contributed by atoms with Gasteiger partial charge in [-0.1, -0.05) is 47.5 Å². The Kier molecular flexibility index (Phi) is 4.23. The van der Waals surface area contributed by atoms with Crippen LogP contribution in [0.4, 0.5) is 0 Å². The fraction of sp³-hybridized carbons (Fsp3) is 0.333. The van der Waals surface area contributed by atoms with Crippen molar-refractivity contribution in [3.63, 3.8) is 0 Å². The van der Waals surface area contributed by atoms with E-state index in [9.17, 15) is 0 Å². The zero-order valence-electron chi connectivity index (χ0n) is 8.18. The Labute approximate surface area is 88.8 Å². The highest BCUT2D eigenvalue weighted by molar-refractivity contribution is 9.10. The molecule has 13 heavy (non-hydrogen) atoms. The van der Waals surface area contributed by atoms with Crippen LogP contribution in [-0.2, 0) is 0 Å². The van der Waals surface area contributed by atoms with Gasteiger partial charge in [0.1, 0.15) is 0 Å². The molecule has 0 aliphatic rings. The van der Waals surface area contributed by atoms with E-state index >= 15 is 0 Å². The fourth-order valence-corrected chi connectivity index (χ4v) is 1.46. The van der Waals surface area contributed by atoms with Gasteiger partial charge in [0.15, 0.2) is 0 Å². The average Bonchev–Trinajstić information content (AvgIpc) is 2.15. The monoisotopic (exact) mass is 238 g/mol. The highest BCUT2D eigenvalue weighted by atomic mass is 79.9. The van der Waals surface area contributed by atoms with Crippen molar-refractivity contribution in [3.05, 3.63) is 40.4 Å². The number of unbranched alkanes of at least 4 members (excludes halogenated alkanes) is 1. The first-order chi connectivity index (χ1) is 6.24. The summed E-state index contributed by atoms with van der Waals surface area (Å²) in [7, 11) is 0. The normalized spacial score (nSPS) is 11.8. The van der Waals surface area contributed by atoms with Crippen LogP contribution < -0.4 is 0 Å². The van der Waals surface area contributed by atoms with Gasteiger partial charge in [0.05, 0.1) is 0 Å². The second kappa shape index (κ2) is 5.23. The Morgan fingerprint density at radius 2 is 1.92 bits per heavy atom. The summed E-state index contributed by atoms with van der Waals surface area (Å²) in [5.41, 5.74) is 2.69. The summed E-state index contributed by atoms with van der Waals surface area (Å²) in [4.78, 5) is 0. The second-order valence-electron chi connectivity index (χ2n) is 3.18. The van der Waals surface area contributed by atoms with Gasteiger partial charge in [0.2, 0.25) is 0 Å². The van der Waals surface area contributed by atoms with E-state index < -0.39 is 0 Å². The van der Waals surface area contributed by atoms with Crippen LogP contribution in [0, 0.1) is 0 Å². The van der Waals surface area contributed by atoms with Gasteiger partial charge in [-0.15, -0.1) is 0 Å². The topological polar surface area (TPSA) is 0 Å². The largest absolute Gasteiger partial charge is 0.0810 e. The molecule has 1 heteroatoms. The van der Waals surface area contributed by atoms with Crippen LogP contribution in [0.5, 0.6) is 0 Å².